The summed E-state index contributed by atoms with van der Waals surface area (Å²) in [5.74, 6) is 0.125. The Bertz CT molecular complexity index is 519. The maximum atomic E-state index is 11.8. The number of carbonyl (C=O) groups is 1. The number of nitrogens with one attached hydrogen (secondary N) is 1. The summed E-state index contributed by atoms with van der Waals surface area (Å²) in [7, 11) is 0. The third-order valence-corrected chi connectivity index (χ3v) is 3.42. The lowest BCUT2D eigenvalue weighted by atomic mass is 9.89. The van der Waals surface area contributed by atoms with Gasteiger partial charge in [0.25, 0.3) is 0 Å². The number of primary amides is 1. The van der Waals surface area contributed by atoms with Gasteiger partial charge in [-0.05, 0) is 35.9 Å². The molecule has 0 heterocycles. The summed E-state index contributed by atoms with van der Waals surface area (Å²) < 4.78 is 0. The molecule has 0 spiro atoms. The highest BCUT2D eigenvalue weighted by Crippen LogP contribution is 2.21. The lowest BCUT2D eigenvalue weighted by Crippen LogP contribution is -2.51. The molecule has 3 N–H and O–H groups in total. The maximum absolute atomic E-state index is 11.8. The van der Waals surface area contributed by atoms with Gasteiger partial charge in [-0.3, -0.25) is 10.1 Å². The van der Waals surface area contributed by atoms with Gasteiger partial charge in [-0.1, -0.05) is 43.2 Å². The van der Waals surface area contributed by atoms with Crippen LogP contribution < -0.4 is 11.1 Å². The largest absolute Gasteiger partial charge is 0.368 e. The van der Waals surface area contributed by atoms with Crippen molar-refractivity contribution in [3.8, 4) is 0 Å². The van der Waals surface area contributed by atoms with Gasteiger partial charge in [0.1, 0.15) is 5.54 Å². The molecule has 1 atom stereocenters. The van der Waals surface area contributed by atoms with E-state index in [2.05, 4.69) is 29.2 Å². The van der Waals surface area contributed by atoms with E-state index in [1.54, 1.807) is 6.92 Å². The SMILES string of the molecule is CC(C)Cc1ccc(C(C)(NCCN=[N+]=[N-])C(N)=O)cc1. The molecule has 0 fully saturated rings. The number of carbonyl (C=O) groups excluding carboxylic acids is 1. The van der Waals surface area contributed by atoms with Crippen LogP contribution in [0.25, 0.3) is 10.4 Å². The van der Waals surface area contributed by atoms with Gasteiger partial charge in [-0.25, -0.2) is 0 Å². The molecule has 0 aliphatic rings. The van der Waals surface area contributed by atoms with Gasteiger partial charge in [0, 0.05) is 18.0 Å². The van der Waals surface area contributed by atoms with E-state index in [-0.39, 0.29) is 6.54 Å². The molecule has 0 saturated heterocycles. The van der Waals surface area contributed by atoms with E-state index < -0.39 is 11.4 Å². The van der Waals surface area contributed by atoms with Gasteiger partial charge >= 0.3 is 0 Å². The molecule has 1 rings (SSSR count). The Morgan fingerprint density at radius 1 is 1.43 bits per heavy atom. The zero-order valence-corrected chi connectivity index (χ0v) is 12.8. The molecule has 0 bridgehead atoms. The van der Waals surface area contributed by atoms with Gasteiger partial charge in [0.05, 0.1) is 0 Å². The lowest BCUT2D eigenvalue weighted by molar-refractivity contribution is -0.124. The number of azide groups is 1. The third kappa shape index (κ3) is 4.77. The second kappa shape index (κ2) is 7.67. The van der Waals surface area contributed by atoms with Gasteiger partial charge < -0.3 is 5.73 Å². The highest BCUT2D eigenvalue weighted by molar-refractivity contribution is 5.85. The van der Waals surface area contributed by atoms with E-state index >= 15 is 0 Å². The van der Waals surface area contributed by atoms with Gasteiger partial charge in [0.2, 0.25) is 5.91 Å². The zero-order chi connectivity index (χ0) is 15.9. The molecule has 0 aliphatic carbocycles. The lowest BCUT2D eigenvalue weighted by Gasteiger charge is -2.28. The van der Waals surface area contributed by atoms with Crippen LogP contribution in [0.15, 0.2) is 29.4 Å². The van der Waals surface area contributed by atoms with Crippen LogP contribution in [0.2, 0.25) is 0 Å². The van der Waals surface area contributed by atoms with Crippen LogP contribution in [0.3, 0.4) is 0 Å². The van der Waals surface area contributed by atoms with Crippen molar-refractivity contribution in [3.63, 3.8) is 0 Å². The summed E-state index contributed by atoms with van der Waals surface area (Å²) in [5, 5.41) is 6.51. The number of nitrogens with zero attached hydrogens (tertiary/aromatic N) is 3. The summed E-state index contributed by atoms with van der Waals surface area (Å²) in [6, 6.07) is 7.88. The number of nitrogens with two attached hydrogens (primary N) is 1. The van der Waals surface area contributed by atoms with Gasteiger partial charge in [-0.2, -0.15) is 0 Å². The van der Waals surface area contributed by atoms with Crippen molar-refractivity contribution in [2.24, 2.45) is 16.8 Å². The maximum Gasteiger partial charge on any atom is 0.242 e. The Hall–Kier alpha value is -2.04. The fourth-order valence-corrected chi connectivity index (χ4v) is 2.18. The summed E-state index contributed by atoms with van der Waals surface area (Å²) in [4.78, 5) is 14.5. The Kier molecular flexibility index (Phi) is 6.21. The summed E-state index contributed by atoms with van der Waals surface area (Å²) in [6.07, 6.45) is 0.998. The van der Waals surface area contributed by atoms with Crippen LogP contribution in [0, 0.1) is 5.92 Å². The predicted octanol–water partition coefficient (Wildman–Crippen LogP) is 2.49. The Balaban J connectivity index is 2.88. The highest BCUT2D eigenvalue weighted by Gasteiger charge is 2.32. The molecule has 114 valence electrons. The second-order valence-corrected chi connectivity index (χ2v) is 5.67. The van der Waals surface area contributed by atoms with Crippen molar-refractivity contribution in [3.05, 3.63) is 45.8 Å². The fourth-order valence-electron chi connectivity index (χ4n) is 2.18. The van der Waals surface area contributed by atoms with Crippen LogP contribution >= 0.6 is 0 Å². The molecule has 0 radical (unpaired) electrons. The van der Waals surface area contributed by atoms with Crippen LogP contribution in [0.1, 0.15) is 31.9 Å². The molecule has 1 aromatic rings. The quantitative estimate of drug-likeness (QED) is 0.332. The van der Waals surface area contributed by atoms with Crippen molar-refractivity contribution in [2.75, 3.05) is 13.1 Å². The molecule has 6 nitrogen and oxygen atoms in total. The minimum Gasteiger partial charge on any atom is -0.368 e. The fraction of sp³-hybridized carbons (Fsp3) is 0.533. The van der Waals surface area contributed by atoms with Crippen LogP contribution in [0.5, 0.6) is 0 Å². The molecule has 6 heteroatoms. The molecule has 0 saturated carbocycles. The molecule has 0 aromatic heterocycles. The number of benzene rings is 1. The minimum atomic E-state index is -0.971. The van der Waals surface area contributed by atoms with Crippen molar-refractivity contribution in [1.29, 1.82) is 0 Å². The van der Waals surface area contributed by atoms with E-state index in [4.69, 9.17) is 11.3 Å². The van der Waals surface area contributed by atoms with E-state index in [1.807, 2.05) is 24.3 Å². The number of hydrogen-bond donors (Lipinski definition) is 2. The van der Waals surface area contributed by atoms with Gasteiger partial charge in [-0.15, -0.1) is 0 Å². The first kappa shape index (κ1) is 17.0. The summed E-state index contributed by atoms with van der Waals surface area (Å²) in [5.41, 5.74) is 14.9. The van der Waals surface area contributed by atoms with E-state index in [1.165, 1.54) is 5.56 Å². The van der Waals surface area contributed by atoms with E-state index in [0.29, 0.717) is 12.5 Å². The van der Waals surface area contributed by atoms with Gasteiger partial charge in [0.15, 0.2) is 0 Å². The molecule has 0 aliphatic heterocycles. The molecule has 21 heavy (non-hydrogen) atoms. The number of rotatable bonds is 8. The monoisotopic (exact) mass is 289 g/mol. The first-order chi connectivity index (χ1) is 9.90. The Labute approximate surface area is 125 Å². The first-order valence-electron chi connectivity index (χ1n) is 7.05. The molecule has 1 amide bonds. The van der Waals surface area contributed by atoms with Crippen molar-refractivity contribution < 1.29 is 4.79 Å². The van der Waals surface area contributed by atoms with E-state index in [9.17, 15) is 4.79 Å². The predicted molar refractivity (Wildman–Crippen MR) is 83.5 cm³/mol. The van der Waals surface area contributed by atoms with Crippen LogP contribution in [-0.4, -0.2) is 19.0 Å². The normalized spacial score (nSPS) is 13.5. The smallest absolute Gasteiger partial charge is 0.242 e. The van der Waals surface area contributed by atoms with Crippen molar-refractivity contribution in [1.82, 2.24) is 5.32 Å². The zero-order valence-electron chi connectivity index (χ0n) is 12.8. The first-order valence-corrected chi connectivity index (χ1v) is 7.05. The number of amides is 1. The standard InChI is InChI=1S/C15H23N5O/c1-11(2)10-12-4-6-13(7-5-12)15(3,14(16)21)18-8-9-19-20-17/h4-7,11,18H,8-10H2,1-3H3,(H2,16,21). The van der Waals surface area contributed by atoms with Crippen molar-refractivity contribution >= 4 is 5.91 Å². The van der Waals surface area contributed by atoms with Crippen molar-refractivity contribution in [2.45, 2.75) is 32.7 Å². The average molecular weight is 289 g/mol. The Morgan fingerprint density at radius 3 is 2.52 bits per heavy atom. The average Bonchev–Trinajstić information content (AvgIpc) is 2.43. The third-order valence-electron chi connectivity index (χ3n) is 3.42. The summed E-state index contributed by atoms with van der Waals surface area (Å²) in [6.45, 7) is 6.72. The number of hydrogen-bond acceptors (Lipinski definition) is 3. The Morgan fingerprint density at radius 2 is 2.05 bits per heavy atom. The summed E-state index contributed by atoms with van der Waals surface area (Å²) >= 11 is 0. The molecular weight excluding hydrogens is 266 g/mol. The van der Waals surface area contributed by atoms with Crippen LogP contribution in [-0.2, 0) is 16.8 Å². The van der Waals surface area contributed by atoms with E-state index in [0.717, 1.165) is 12.0 Å². The topological polar surface area (TPSA) is 104 Å². The molecular formula is C15H23N5O. The molecule has 1 aromatic carbocycles. The molecule has 1 unspecified atom stereocenters. The second-order valence-electron chi connectivity index (χ2n) is 5.67. The highest BCUT2D eigenvalue weighted by atomic mass is 16.1. The van der Waals surface area contributed by atoms with Crippen LogP contribution in [0.4, 0.5) is 0 Å². The minimum absolute atomic E-state index is 0.269.